The van der Waals surface area contributed by atoms with Crippen LogP contribution in [-0.4, -0.2) is 35.4 Å². The molecule has 0 atom stereocenters. The van der Waals surface area contributed by atoms with Gasteiger partial charge in [0, 0.05) is 0 Å². The Balaban J connectivity index is 3.79. The molecule has 13 heavy (non-hydrogen) atoms. The van der Waals surface area contributed by atoms with Crippen molar-refractivity contribution in [3.05, 3.63) is 0 Å². The van der Waals surface area contributed by atoms with Crippen LogP contribution in [0.25, 0.3) is 0 Å². The zero-order chi connectivity index (χ0) is 10.5. The van der Waals surface area contributed by atoms with Gasteiger partial charge in [-0.05, 0) is 0 Å². The molecular weight excluding hydrogens is 233 g/mol. The molecule has 76 valence electrons. The number of carboxylic acids is 2. The van der Waals surface area contributed by atoms with Crippen LogP contribution in [0.5, 0.6) is 0 Å². The predicted octanol–water partition coefficient (Wildman–Crippen LogP) is 1.64. The molecule has 0 unspecified atom stereocenters. The van der Waals surface area contributed by atoms with Crippen molar-refractivity contribution in [2.45, 2.75) is 34.9 Å². The fraction of sp³-hybridized carbons (Fsp3) is 0.750. The summed E-state index contributed by atoms with van der Waals surface area (Å²) >= 11 is -2.08. The van der Waals surface area contributed by atoms with E-state index in [1.54, 1.807) is 0 Å². The number of carbonyl (C=O) groups is 2. The standard InChI is InChI=1S/C8H16GeO4/c1-9(2,5-3-7(10)11)6-4-8(12)13/h3-6H2,1-2H3,(H,10,11)(H,12,13). The molecule has 2 N–H and O–H groups in total. The van der Waals surface area contributed by atoms with Crippen LogP contribution in [0.2, 0.25) is 22.0 Å². The van der Waals surface area contributed by atoms with Crippen molar-refractivity contribution in [2.24, 2.45) is 0 Å². The predicted molar refractivity (Wildman–Crippen MR) is 51.6 cm³/mol. The Morgan fingerprint density at radius 2 is 1.31 bits per heavy atom. The Morgan fingerprint density at radius 3 is 1.54 bits per heavy atom. The summed E-state index contributed by atoms with van der Waals surface area (Å²) in [4.78, 5) is 20.6. The zero-order valence-electron chi connectivity index (χ0n) is 8.04. The topological polar surface area (TPSA) is 74.6 Å². The number of aliphatic carboxylic acids is 2. The van der Waals surface area contributed by atoms with Gasteiger partial charge >= 0.3 is 79.9 Å². The van der Waals surface area contributed by atoms with Crippen molar-refractivity contribution in [3.63, 3.8) is 0 Å². The van der Waals surface area contributed by atoms with Gasteiger partial charge in [0.2, 0.25) is 0 Å². The minimum atomic E-state index is -2.08. The summed E-state index contributed by atoms with van der Waals surface area (Å²) in [5.74, 6) is 2.58. The summed E-state index contributed by atoms with van der Waals surface area (Å²) in [6, 6.07) is 0. The van der Waals surface area contributed by atoms with Gasteiger partial charge in [0.15, 0.2) is 0 Å². The Morgan fingerprint density at radius 1 is 1.00 bits per heavy atom. The Kier molecular flexibility index (Phi) is 5.05. The molecule has 0 amide bonds. The Labute approximate surface area is 80.3 Å². The molecule has 4 nitrogen and oxygen atoms in total. The van der Waals surface area contributed by atoms with E-state index in [0.717, 1.165) is 0 Å². The van der Waals surface area contributed by atoms with Crippen molar-refractivity contribution in [2.75, 3.05) is 0 Å². The molecule has 0 aromatic rings. The Hall–Kier alpha value is -0.517. The average molecular weight is 249 g/mol. The third-order valence-electron chi connectivity index (χ3n) is 2.03. The molecule has 0 bridgehead atoms. The van der Waals surface area contributed by atoms with Crippen molar-refractivity contribution in [1.29, 1.82) is 0 Å². The van der Waals surface area contributed by atoms with E-state index >= 15 is 0 Å². The van der Waals surface area contributed by atoms with E-state index in [4.69, 9.17) is 10.2 Å². The summed E-state index contributed by atoms with van der Waals surface area (Å²) in [5, 5.41) is 18.4. The second-order valence-corrected chi connectivity index (χ2v) is 15.1. The van der Waals surface area contributed by atoms with Gasteiger partial charge < -0.3 is 0 Å². The van der Waals surface area contributed by atoms with Crippen LogP contribution < -0.4 is 0 Å². The van der Waals surface area contributed by atoms with E-state index in [1.807, 2.05) is 0 Å². The number of hydrogen-bond acceptors (Lipinski definition) is 2. The van der Waals surface area contributed by atoms with Gasteiger partial charge in [-0.1, -0.05) is 0 Å². The van der Waals surface area contributed by atoms with Gasteiger partial charge in [0.25, 0.3) is 0 Å². The van der Waals surface area contributed by atoms with Crippen molar-refractivity contribution >= 4 is 25.2 Å². The molecule has 0 aliphatic heterocycles. The first-order valence-corrected chi connectivity index (χ1v) is 11.4. The number of rotatable bonds is 6. The van der Waals surface area contributed by atoms with Gasteiger partial charge in [0.05, 0.1) is 0 Å². The normalized spacial score (nSPS) is 11.2. The van der Waals surface area contributed by atoms with Crippen molar-refractivity contribution in [1.82, 2.24) is 0 Å². The second kappa shape index (κ2) is 5.26. The monoisotopic (exact) mass is 250 g/mol. The first-order chi connectivity index (χ1) is 5.83. The van der Waals surface area contributed by atoms with E-state index in [-0.39, 0.29) is 12.8 Å². The van der Waals surface area contributed by atoms with E-state index in [1.165, 1.54) is 0 Å². The Bertz CT molecular complexity index is 180. The van der Waals surface area contributed by atoms with E-state index in [9.17, 15) is 9.59 Å². The average Bonchev–Trinajstić information content (AvgIpc) is 1.98. The third-order valence-corrected chi connectivity index (χ3v) is 8.76. The molecule has 0 saturated heterocycles. The number of hydrogen-bond donors (Lipinski definition) is 2. The molecule has 0 aliphatic carbocycles. The maximum absolute atomic E-state index is 10.3. The van der Waals surface area contributed by atoms with Crippen LogP contribution in [0.15, 0.2) is 0 Å². The van der Waals surface area contributed by atoms with Crippen LogP contribution in [0, 0.1) is 0 Å². The molecule has 0 fully saturated rings. The SMILES string of the molecule is [CH3][Ge]([CH3])([CH2]CC(=O)O)[CH2]CC(=O)O. The van der Waals surface area contributed by atoms with Crippen molar-refractivity contribution < 1.29 is 19.8 Å². The molecule has 0 spiro atoms. The van der Waals surface area contributed by atoms with Gasteiger partial charge in [0.1, 0.15) is 0 Å². The van der Waals surface area contributed by atoms with E-state index in [2.05, 4.69) is 11.5 Å². The van der Waals surface area contributed by atoms with E-state index < -0.39 is 25.2 Å². The van der Waals surface area contributed by atoms with Gasteiger partial charge in [-0.25, -0.2) is 0 Å². The molecule has 5 heteroatoms. The fourth-order valence-corrected chi connectivity index (χ4v) is 5.28. The minimum absolute atomic E-state index is 0.187. The maximum atomic E-state index is 10.3. The second-order valence-electron chi connectivity index (χ2n) is 3.95. The van der Waals surface area contributed by atoms with Crippen LogP contribution in [0.3, 0.4) is 0 Å². The van der Waals surface area contributed by atoms with Gasteiger partial charge in [-0.15, -0.1) is 0 Å². The quantitative estimate of drug-likeness (QED) is 0.701. The van der Waals surface area contributed by atoms with Crippen molar-refractivity contribution in [3.8, 4) is 0 Å². The molecule has 0 aromatic carbocycles. The number of carboxylic acid groups (broad SMARTS) is 2. The third kappa shape index (κ3) is 7.83. The first kappa shape index (κ1) is 12.5. The van der Waals surface area contributed by atoms with Crippen LogP contribution in [-0.2, 0) is 9.59 Å². The van der Waals surface area contributed by atoms with Crippen LogP contribution in [0.4, 0.5) is 0 Å². The molecule has 0 rings (SSSR count). The van der Waals surface area contributed by atoms with Crippen LogP contribution in [0.1, 0.15) is 12.8 Å². The summed E-state index contributed by atoms with van der Waals surface area (Å²) in [5.41, 5.74) is 0. The molecule has 0 heterocycles. The van der Waals surface area contributed by atoms with Gasteiger partial charge in [-0.3, -0.25) is 0 Å². The summed E-state index contributed by atoms with van der Waals surface area (Å²) < 4.78 is 0. The molecule has 0 aromatic heterocycles. The fourth-order valence-electron chi connectivity index (χ4n) is 1.02. The first-order valence-electron chi connectivity index (χ1n) is 4.27. The summed E-state index contributed by atoms with van der Waals surface area (Å²) in [7, 11) is 0. The zero-order valence-corrected chi connectivity index (χ0v) is 10.1. The summed E-state index contributed by atoms with van der Waals surface area (Å²) in [6.45, 7) is 0. The van der Waals surface area contributed by atoms with E-state index in [0.29, 0.717) is 10.5 Å². The van der Waals surface area contributed by atoms with Crippen LogP contribution >= 0.6 is 0 Å². The molecule has 0 radical (unpaired) electrons. The molecular formula is C8H16GeO4. The molecule has 0 aliphatic rings. The summed E-state index contributed by atoms with van der Waals surface area (Å²) in [6.07, 6.45) is 0.374. The molecule has 0 saturated carbocycles. The van der Waals surface area contributed by atoms with Gasteiger partial charge in [-0.2, -0.15) is 0 Å².